The molecule has 2 aliphatic rings. The van der Waals surface area contributed by atoms with Gasteiger partial charge < -0.3 is 4.74 Å². The fourth-order valence-electron chi connectivity index (χ4n) is 4.30. The lowest BCUT2D eigenvalue weighted by molar-refractivity contribution is 0.0261. The van der Waals surface area contributed by atoms with Gasteiger partial charge in [0.2, 0.25) is 0 Å². The molecule has 1 aromatic heterocycles. The van der Waals surface area contributed by atoms with Crippen molar-refractivity contribution in [1.82, 2.24) is 4.90 Å². The molecule has 1 saturated carbocycles. The molecule has 0 unspecified atom stereocenters. The van der Waals surface area contributed by atoms with E-state index in [0.717, 1.165) is 23.3 Å². The van der Waals surface area contributed by atoms with Crippen molar-refractivity contribution < 1.29 is 9.53 Å². The maximum atomic E-state index is 12.4. The Kier molecular flexibility index (Phi) is 5.71. The molecule has 2 aromatic rings. The van der Waals surface area contributed by atoms with Gasteiger partial charge in [-0.1, -0.05) is 12.8 Å². The van der Waals surface area contributed by atoms with Crippen LogP contribution < -0.4 is 4.74 Å². The minimum absolute atomic E-state index is 0.0849. The van der Waals surface area contributed by atoms with Crippen molar-refractivity contribution in [1.29, 1.82) is 0 Å². The van der Waals surface area contributed by atoms with Gasteiger partial charge in [-0.3, -0.25) is 9.69 Å². The van der Waals surface area contributed by atoms with Gasteiger partial charge in [-0.15, -0.1) is 0 Å². The number of rotatable bonds is 5. The van der Waals surface area contributed by atoms with Crippen LogP contribution in [0.5, 0.6) is 5.75 Å². The molecule has 0 N–H and O–H groups in total. The van der Waals surface area contributed by atoms with E-state index in [1.807, 2.05) is 41.1 Å². The SMILES string of the molecule is O=C(c1ccc(O[C@@H]2CCCC[C@H]2N2CCCCC2)cc1)c1ccsc1. The van der Waals surface area contributed by atoms with Gasteiger partial charge in [0.1, 0.15) is 11.9 Å². The molecule has 0 spiro atoms. The van der Waals surface area contributed by atoms with Crippen LogP contribution in [-0.2, 0) is 0 Å². The van der Waals surface area contributed by atoms with Gasteiger partial charge in [0.25, 0.3) is 0 Å². The van der Waals surface area contributed by atoms with Crippen molar-refractivity contribution in [3.8, 4) is 5.75 Å². The van der Waals surface area contributed by atoms with Gasteiger partial charge in [-0.05, 0) is 80.9 Å². The molecule has 138 valence electrons. The van der Waals surface area contributed by atoms with Crippen molar-refractivity contribution in [3.63, 3.8) is 0 Å². The molecule has 26 heavy (non-hydrogen) atoms. The number of nitrogens with zero attached hydrogens (tertiary/aromatic N) is 1. The summed E-state index contributed by atoms with van der Waals surface area (Å²) >= 11 is 1.55. The van der Waals surface area contributed by atoms with Gasteiger partial charge >= 0.3 is 0 Å². The van der Waals surface area contributed by atoms with Crippen LogP contribution in [-0.4, -0.2) is 35.9 Å². The van der Waals surface area contributed by atoms with E-state index in [0.29, 0.717) is 6.04 Å². The molecule has 4 heteroatoms. The molecule has 0 amide bonds. The highest BCUT2D eigenvalue weighted by Gasteiger charge is 2.32. The predicted molar refractivity (Wildman–Crippen MR) is 106 cm³/mol. The van der Waals surface area contributed by atoms with E-state index in [1.165, 1.54) is 51.6 Å². The second kappa shape index (κ2) is 8.36. The molecule has 1 aliphatic heterocycles. The van der Waals surface area contributed by atoms with Crippen LogP contribution in [0.15, 0.2) is 41.1 Å². The third-order valence-corrected chi connectivity index (χ3v) is 6.40. The number of ether oxygens (including phenoxy) is 1. The quantitative estimate of drug-likeness (QED) is 0.682. The number of thiophene rings is 1. The van der Waals surface area contributed by atoms with Crippen LogP contribution in [0.4, 0.5) is 0 Å². The number of carbonyl (C=O) groups is 1. The lowest BCUT2D eigenvalue weighted by Crippen LogP contribution is -2.49. The summed E-state index contributed by atoms with van der Waals surface area (Å²) < 4.78 is 6.40. The van der Waals surface area contributed by atoms with Crippen LogP contribution in [0, 0.1) is 0 Å². The first-order valence-corrected chi connectivity index (χ1v) is 10.8. The molecular formula is C22H27NO2S. The van der Waals surface area contributed by atoms with Crippen molar-refractivity contribution in [3.05, 3.63) is 52.2 Å². The van der Waals surface area contributed by atoms with Gasteiger partial charge in [0.05, 0.1) is 0 Å². The number of piperidine rings is 1. The summed E-state index contributed by atoms with van der Waals surface area (Å²) in [5, 5.41) is 3.84. The third kappa shape index (κ3) is 4.02. The molecule has 2 heterocycles. The number of hydrogen-bond acceptors (Lipinski definition) is 4. The average molecular weight is 370 g/mol. The number of carbonyl (C=O) groups excluding carboxylic acids is 1. The standard InChI is InChI=1S/C22H27NO2S/c24-22(18-12-15-26-16-18)17-8-10-19(11-9-17)25-21-7-3-2-6-20(21)23-13-4-1-5-14-23/h8-12,15-16,20-21H,1-7,13-14H2/t20-,21-/m1/s1. The van der Waals surface area contributed by atoms with E-state index < -0.39 is 0 Å². The van der Waals surface area contributed by atoms with E-state index in [-0.39, 0.29) is 11.9 Å². The fraction of sp³-hybridized carbons (Fsp3) is 0.500. The zero-order valence-corrected chi connectivity index (χ0v) is 16.0. The summed E-state index contributed by atoms with van der Waals surface area (Å²) in [6.07, 6.45) is 9.24. The van der Waals surface area contributed by atoms with E-state index in [2.05, 4.69) is 4.90 Å². The highest BCUT2D eigenvalue weighted by atomic mass is 32.1. The summed E-state index contributed by atoms with van der Waals surface area (Å²) in [5.74, 6) is 0.974. The van der Waals surface area contributed by atoms with Crippen molar-refractivity contribution in [2.45, 2.75) is 57.1 Å². The lowest BCUT2D eigenvalue weighted by Gasteiger charge is -2.41. The Morgan fingerprint density at radius 2 is 1.69 bits per heavy atom. The van der Waals surface area contributed by atoms with Crippen LogP contribution in [0.3, 0.4) is 0 Å². The molecule has 2 atom stereocenters. The van der Waals surface area contributed by atoms with Crippen LogP contribution >= 0.6 is 11.3 Å². The first-order valence-electron chi connectivity index (χ1n) is 9.89. The van der Waals surface area contributed by atoms with Crippen molar-refractivity contribution in [2.24, 2.45) is 0 Å². The van der Waals surface area contributed by atoms with Gasteiger partial charge in [0.15, 0.2) is 5.78 Å². The van der Waals surface area contributed by atoms with Crippen LogP contribution in [0.1, 0.15) is 60.9 Å². The Balaban J connectivity index is 1.43. The molecule has 1 saturated heterocycles. The zero-order chi connectivity index (χ0) is 17.8. The Bertz CT molecular complexity index is 704. The van der Waals surface area contributed by atoms with Crippen molar-refractivity contribution in [2.75, 3.05) is 13.1 Å². The monoisotopic (exact) mass is 369 g/mol. The molecule has 4 rings (SSSR count). The molecule has 2 fully saturated rings. The van der Waals surface area contributed by atoms with E-state index in [9.17, 15) is 4.79 Å². The Morgan fingerprint density at radius 3 is 2.42 bits per heavy atom. The maximum Gasteiger partial charge on any atom is 0.193 e. The fourth-order valence-corrected chi connectivity index (χ4v) is 4.94. The van der Waals surface area contributed by atoms with Gasteiger partial charge in [-0.25, -0.2) is 0 Å². The van der Waals surface area contributed by atoms with Crippen LogP contribution in [0.2, 0.25) is 0 Å². The van der Waals surface area contributed by atoms with E-state index in [1.54, 1.807) is 11.3 Å². The summed E-state index contributed by atoms with van der Waals surface area (Å²) in [4.78, 5) is 15.1. The molecular weight excluding hydrogens is 342 g/mol. The van der Waals surface area contributed by atoms with E-state index in [4.69, 9.17) is 4.74 Å². The highest BCUT2D eigenvalue weighted by Crippen LogP contribution is 2.29. The topological polar surface area (TPSA) is 29.5 Å². The Morgan fingerprint density at radius 1 is 0.923 bits per heavy atom. The number of ketones is 1. The minimum Gasteiger partial charge on any atom is -0.489 e. The zero-order valence-electron chi connectivity index (χ0n) is 15.2. The summed E-state index contributed by atoms with van der Waals surface area (Å²) in [6.45, 7) is 2.44. The highest BCUT2D eigenvalue weighted by molar-refractivity contribution is 7.08. The molecule has 1 aromatic carbocycles. The summed E-state index contributed by atoms with van der Waals surface area (Å²) in [6, 6.07) is 10.1. The second-order valence-electron chi connectivity index (χ2n) is 7.47. The lowest BCUT2D eigenvalue weighted by atomic mass is 9.90. The summed E-state index contributed by atoms with van der Waals surface area (Å²) in [7, 11) is 0. The molecule has 0 bridgehead atoms. The van der Waals surface area contributed by atoms with Crippen molar-refractivity contribution >= 4 is 17.1 Å². The first-order chi connectivity index (χ1) is 12.8. The molecule has 3 nitrogen and oxygen atoms in total. The average Bonchev–Trinajstić information content (AvgIpc) is 3.24. The largest absolute Gasteiger partial charge is 0.489 e. The van der Waals surface area contributed by atoms with Gasteiger partial charge in [-0.2, -0.15) is 11.3 Å². The maximum absolute atomic E-state index is 12.4. The summed E-state index contributed by atoms with van der Waals surface area (Å²) in [5.41, 5.74) is 1.49. The number of benzene rings is 1. The molecule has 0 radical (unpaired) electrons. The van der Waals surface area contributed by atoms with E-state index >= 15 is 0 Å². The first kappa shape index (κ1) is 17.7. The smallest absolute Gasteiger partial charge is 0.193 e. The number of hydrogen-bond donors (Lipinski definition) is 0. The third-order valence-electron chi connectivity index (χ3n) is 5.71. The minimum atomic E-state index is 0.0849. The van der Waals surface area contributed by atoms with Crippen LogP contribution in [0.25, 0.3) is 0 Å². The normalized spacial score (nSPS) is 24.3. The Labute approximate surface area is 160 Å². The number of likely N-dealkylation sites (tertiary alicyclic amines) is 1. The Hall–Kier alpha value is -1.65. The van der Waals surface area contributed by atoms with Gasteiger partial charge in [0, 0.05) is 22.5 Å². The second-order valence-corrected chi connectivity index (χ2v) is 8.25. The molecule has 1 aliphatic carbocycles. The predicted octanol–water partition coefficient (Wildman–Crippen LogP) is 5.16.